The zero-order chi connectivity index (χ0) is 45.5. The van der Waals surface area contributed by atoms with Crippen molar-refractivity contribution in [2.75, 3.05) is 19.0 Å². The van der Waals surface area contributed by atoms with Crippen molar-refractivity contribution in [1.82, 2.24) is 14.9 Å². The van der Waals surface area contributed by atoms with E-state index in [9.17, 15) is 59.6 Å². The van der Waals surface area contributed by atoms with Crippen LogP contribution in [0.15, 0.2) is 48.7 Å². The number of fused-ring (bicyclic) bond motifs is 3. The first kappa shape index (κ1) is 44.1. The first-order chi connectivity index (χ1) is 30.0. The number of amides is 2. The van der Waals surface area contributed by atoms with E-state index in [2.05, 4.69) is 15.6 Å². The van der Waals surface area contributed by atoms with Gasteiger partial charge in [-0.05, 0) is 35.6 Å². The van der Waals surface area contributed by atoms with Crippen LogP contribution < -0.4 is 15.4 Å². The summed E-state index contributed by atoms with van der Waals surface area (Å²) in [4.78, 5) is 80.0. The Bertz CT molecular complexity index is 2520. The average molecular weight is 876 g/mol. The Morgan fingerprint density at radius 1 is 1.02 bits per heavy atom. The fraction of sp³-hybridized carbons (Fsp3) is 0.366. The highest BCUT2D eigenvalue weighted by Crippen LogP contribution is 2.52. The lowest BCUT2D eigenvalue weighted by Crippen LogP contribution is -2.56. The lowest BCUT2D eigenvalue weighted by atomic mass is 9.72. The van der Waals surface area contributed by atoms with E-state index in [4.69, 9.17) is 23.7 Å². The molecule has 3 aliphatic rings. The van der Waals surface area contributed by atoms with E-state index in [1.165, 1.54) is 62.2 Å². The van der Waals surface area contributed by atoms with E-state index >= 15 is 0 Å². The molecule has 1 aliphatic heterocycles. The van der Waals surface area contributed by atoms with Gasteiger partial charge in [0.05, 0.1) is 49.1 Å². The second-order valence-electron chi connectivity index (χ2n) is 15.1. The quantitative estimate of drug-likeness (QED) is 0.0537. The largest absolute Gasteiger partial charge is 0.507 e. The second kappa shape index (κ2) is 17.4. The minimum atomic E-state index is -2.39. The van der Waals surface area contributed by atoms with E-state index in [0.29, 0.717) is 16.9 Å². The molecule has 332 valence electrons. The first-order valence-electron chi connectivity index (χ1n) is 19.3. The molecule has 0 spiro atoms. The highest BCUT2D eigenvalue weighted by Gasteiger charge is 2.50. The van der Waals surface area contributed by atoms with Crippen LogP contribution in [0.3, 0.4) is 0 Å². The Balaban J connectivity index is 1.03. The number of aliphatic hydroxyl groups excluding tert-OH is 2. The van der Waals surface area contributed by atoms with E-state index in [1.807, 2.05) is 0 Å². The van der Waals surface area contributed by atoms with Crippen molar-refractivity contribution in [3.63, 3.8) is 0 Å². The van der Waals surface area contributed by atoms with Gasteiger partial charge in [0, 0.05) is 41.6 Å². The van der Waals surface area contributed by atoms with Crippen molar-refractivity contribution >= 4 is 41.2 Å². The average Bonchev–Trinajstić information content (AvgIpc) is 3.63. The normalized spacial score (nSPS) is 22.5. The third-order valence-corrected chi connectivity index (χ3v) is 11.2. The topological polar surface area (TPSA) is 318 Å². The molecule has 0 saturated carbocycles. The number of rotatable bonds is 12. The van der Waals surface area contributed by atoms with Crippen molar-refractivity contribution in [3.8, 4) is 17.2 Å². The van der Waals surface area contributed by atoms with Gasteiger partial charge in [-0.3, -0.25) is 19.7 Å². The van der Waals surface area contributed by atoms with Gasteiger partial charge in [-0.25, -0.2) is 14.2 Å². The van der Waals surface area contributed by atoms with Crippen LogP contribution in [0.4, 0.5) is 21.2 Å². The van der Waals surface area contributed by atoms with Gasteiger partial charge in [-0.1, -0.05) is 29.2 Å². The van der Waals surface area contributed by atoms with Crippen LogP contribution >= 0.6 is 0 Å². The Morgan fingerprint density at radius 3 is 2.38 bits per heavy atom. The molecule has 2 aliphatic carbocycles. The van der Waals surface area contributed by atoms with Gasteiger partial charge in [-0.15, -0.1) is 0 Å². The monoisotopic (exact) mass is 875 g/mol. The number of nitrogens with one attached hydrogen (secondary N) is 2. The molecule has 2 amide bonds. The van der Waals surface area contributed by atoms with Crippen LogP contribution in [0.1, 0.15) is 80.1 Å². The van der Waals surface area contributed by atoms with Crippen LogP contribution in [-0.2, 0) is 50.4 Å². The molecule has 1 saturated heterocycles. The highest BCUT2D eigenvalue weighted by atomic mass is 16.7. The number of aliphatic hydroxyl groups is 3. The number of benzene rings is 3. The smallest absolute Gasteiger partial charge is 0.434 e. The van der Waals surface area contributed by atoms with Crippen molar-refractivity contribution in [3.05, 3.63) is 103 Å². The molecule has 4 aromatic rings. The minimum absolute atomic E-state index is 0.0342. The number of carbonyl (C=O) groups excluding carboxylic acids is 5. The number of ether oxygens (including phenoxy) is 5. The number of hydrogen-bond acceptors (Lipinski definition) is 18. The molecule has 2 heterocycles. The third kappa shape index (κ3) is 8.36. The second-order valence-corrected chi connectivity index (χ2v) is 15.1. The number of imidazole rings is 1. The van der Waals surface area contributed by atoms with Crippen molar-refractivity contribution in [2.24, 2.45) is 7.05 Å². The number of phenols is 2. The lowest BCUT2D eigenvalue weighted by molar-refractivity contribution is -0.396. The molecule has 1 aromatic heterocycles. The van der Waals surface area contributed by atoms with Crippen LogP contribution in [0.2, 0.25) is 0 Å². The number of anilines is 1. The van der Waals surface area contributed by atoms with E-state index in [1.54, 1.807) is 12.1 Å². The first-order valence-corrected chi connectivity index (χ1v) is 19.3. The maximum absolute atomic E-state index is 14.0. The highest BCUT2D eigenvalue weighted by molar-refractivity contribution is 6.31. The molecule has 0 bridgehead atoms. The SMILES string of the molecule is COc1cccc2c1C(=O)c1c(O)c3c(c(O)c1C2=O)C[C@@](O)(C(=O)CO)C[C@@H]3O[C@H]1C[C@H](NC(=O)OCc2ccc(NC(=O)OCc3cnc([N+](=O)[O-])n3C)cc2)[C@H](O)[C@H](C)O1. The number of methoxy groups -OCH3 is 1. The number of Topliss-reactive ketones (excluding diaryl/α,β-unsaturated/α-hetero) is 1. The molecule has 7 N–H and O–H groups in total. The summed E-state index contributed by atoms with van der Waals surface area (Å²) in [6.07, 6.45) is -7.29. The summed E-state index contributed by atoms with van der Waals surface area (Å²) in [5, 5.41) is 71.7. The fourth-order valence-corrected chi connectivity index (χ4v) is 7.92. The zero-order valence-corrected chi connectivity index (χ0v) is 33.7. The number of nitrogens with zero attached hydrogens (tertiary/aromatic N) is 3. The standard InChI is InChI=1S/C41H41N5O17/c1-18-33(49)24(44-40(55)60-16-19-7-9-20(10-8-19)43-39(54)61-17-21-14-42-38(45(21)2)46(57)58)11-28(62-18)63-26-13-41(56,27(48)15-47)12-23-30(26)37(53)32-31(35(23)51)34(50)22-5-4-6-25(59-3)29(22)36(32)52/h4-10,14,18,24,26,28,33,47,49,51,53,56H,11-13,15-17H2,1-3H3,(H,43,54)(H,44,55)/t18-,24-,26-,28-,33+,41-/m0/s1. The Hall–Kier alpha value is -6.98. The van der Waals surface area contributed by atoms with Crippen molar-refractivity contribution in [2.45, 2.75) is 75.6 Å². The molecule has 7 rings (SSSR count). The zero-order valence-electron chi connectivity index (χ0n) is 33.7. The third-order valence-electron chi connectivity index (χ3n) is 11.2. The van der Waals surface area contributed by atoms with Crippen LogP contribution in [-0.4, -0.2) is 113 Å². The minimum Gasteiger partial charge on any atom is -0.507 e. The van der Waals surface area contributed by atoms with E-state index < -0.39 is 119 Å². The number of carbonyl (C=O) groups is 5. The number of hydrogen-bond donors (Lipinski definition) is 7. The molecule has 63 heavy (non-hydrogen) atoms. The maximum atomic E-state index is 14.0. The fourth-order valence-electron chi connectivity index (χ4n) is 7.92. The van der Waals surface area contributed by atoms with Gasteiger partial charge in [0.2, 0.25) is 5.78 Å². The Kier molecular flexibility index (Phi) is 12.2. The molecular weight excluding hydrogens is 834 g/mol. The molecule has 3 aromatic carbocycles. The summed E-state index contributed by atoms with van der Waals surface area (Å²) >= 11 is 0. The van der Waals surface area contributed by atoms with Gasteiger partial charge in [0.1, 0.15) is 48.4 Å². The van der Waals surface area contributed by atoms with Crippen LogP contribution in [0.5, 0.6) is 17.2 Å². The number of ketones is 3. The summed E-state index contributed by atoms with van der Waals surface area (Å²) in [7, 11) is 2.70. The van der Waals surface area contributed by atoms with Gasteiger partial charge in [-0.2, -0.15) is 0 Å². The van der Waals surface area contributed by atoms with Gasteiger partial charge in [0.25, 0.3) is 0 Å². The predicted octanol–water partition coefficient (Wildman–Crippen LogP) is 2.36. The number of alkyl carbamates (subject to hydrolysis) is 1. The van der Waals surface area contributed by atoms with Crippen LogP contribution in [0.25, 0.3) is 0 Å². The Labute approximate surface area is 356 Å². The maximum Gasteiger partial charge on any atom is 0.434 e. The molecule has 6 atom stereocenters. The predicted molar refractivity (Wildman–Crippen MR) is 211 cm³/mol. The molecule has 22 heteroatoms. The van der Waals surface area contributed by atoms with Crippen molar-refractivity contribution < 1.29 is 78.1 Å². The summed E-state index contributed by atoms with van der Waals surface area (Å²) in [5.41, 5.74) is -3.19. The van der Waals surface area contributed by atoms with Crippen LogP contribution in [0, 0.1) is 10.1 Å². The molecule has 0 radical (unpaired) electrons. The number of phenolic OH excluding ortho intramolecular Hbond substituents is 2. The van der Waals surface area contributed by atoms with Crippen molar-refractivity contribution in [1.29, 1.82) is 0 Å². The number of nitro groups is 1. The van der Waals surface area contributed by atoms with Gasteiger partial charge in [0.15, 0.2) is 30.2 Å². The molecule has 0 unspecified atom stereocenters. The van der Waals surface area contributed by atoms with Gasteiger partial charge >= 0.3 is 18.1 Å². The molecular formula is C41H41N5O17. The molecule has 1 fully saturated rings. The Morgan fingerprint density at radius 2 is 1.71 bits per heavy atom. The van der Waals surface area contributed by atoms with Gasteiger partial charge < -0.3 is 64.6 Å². The summed E-state index contributed by atoms with van der Waals surface area (Å²) < 4.78 is 29.1. The lowest BCUT2D eigenvalue weighted by Gasteiger charge is -2.42. The summed E-state index contributed by atoms with van der Waals surface area (Å²) in [5.74, 6) is -4.68. The van der Waals surface area contributed by atoms with E-state index in [-0.39, 0.29) is 47.6 Å². The summed E-state index contributed by atoms with van der Waals surface area (Å²) in [6.45, 7) is -0.162. The number of aromatic nitrogens is 2. The molecule has 22 nitrogen and oxygen atoms in total. The summed E-state index contributed by atoms with van der Waals surface area (Å²) in [6, 6.07) is 9.30. The van der Waals surface area contributed by atoms with E-state index in [0.717, 1.165) is 0 Å². The number of aromatic hydroxyl groups is 2.